The van der Waals surface area contributed by atoms with Gasteiger partial charge < -0.3 is 4.90 Å². The normalized spacial score (nSPS) is 20.7. The molecule has 1 aromatic heterocycles. The first-order valence-electron chi connectivity index (χ1n) is 7.08. The number of aromatic nitrogens is 2. The summed E-state index contributed by atoms with van der Waals surface area (Å²) in [5.41, 5.74) is 2.23. The summed E-state index contributed by atoms with van der Waals surface area (Å²) in [7, 11) is 1.97. The van der Waals surface area contributed by atoms with Gasteiger partial charge in [-0.25, -0.2) is 0 Å². The van der Waals surface area contributed by atoms with Crippen molar-refractivity contribution in [3.8, 4) is 0 Å². The molecule has 1 amide bonds. The Labute approximate surface area is 115 Å². The fourth-order valence-corrected chi connectivity index (χ4v) is 2.81. The summed E-state index contributed by atoms with van der Waals surface area (Å²) in [6.07, 6.45) is 4.20. The first-order valence-corrected chi connectivity index (χ1v) is 7.08. The third kappa shape index (κ3) is 2.82. The van der Waals surface area contributed by atoms with Crippen molar-refractivity contribution >= 4 is 5.91 Å². The van der Waals surface area contributed by atoms with Crippen LogP contribution < -0.4 is 0 Å². The zero-order valence-electron chi connectivity index (χ0n) is 12.7. The minimum Gasteiger partial charge on any atom is -0.342 e. The van der Waals surface area contributed by atoms with Crippen molar-refractivity contribution in [2.24, 2.45) is 12.5 Å². The van der Waals surface area contributed by atoms with Crippen LogP contribution in [0.1, 0.15) is 50.8 Å². The molecule has 19 heavy (non-hydrogen) atoms. The van der Waals surface area contributed by atoms with E-state index in [-0.39, 0.29) is 11.3 Å². The number of amides is 1. The lowest BCUT2D eigenvalue weighted by Crippen LogP contribution is -2.44. The second-order valence-corrected chi connectivity index (χ2v) is 6.65. The number of hydrogen-bond donors (Lipinski definition) is 0. The summed E-state index contributed by atoms with van der Waals surface area (Å²) in [5, 5.41) is 4.32. The average Bonchev–Trinajstić information content (AvgIpc) is 2.68. The Balaban J connectivity index is 2.14. The number of rotatable bonds is 1. The molecule has 106 valence electrons. The highest BCUT2D eigenvalue weighted by Gasteiger charge is 2.32. The van der Waals surface area contributed by atoms with E-state index in [0.717, 1.165) is 25.9 Å². The van der Waals surface area contributed by atoms with Crippen LogP contribution in [-0.2, 0) is 11.8 Å². The van der Waals surface area contributed by atoms with Crippen LogP contribution in [-0.4, -0.2) is 33.7 Å². The highest BCUT2D eigenvalue weighted by Crippen LogP contribution is 2.30. The van der Waals surface area contributed by atoms with E-state index < -0.39 is 0 Å². The van der Waals surface area contributed by atoms with E-state index >= 15 is 0 Å². The lowest BCUT2D eigenvalue weighted by atomic mass is 9.88. The lowest BCUT2D eigenvalue weighted by Gasteiger charge is -2.36. The van der Waals surface area contributed by atoms with E-state index in [1.165, 1.54) is 11.3 Å². The molecule has 0 bridgehead atoms. The smallest absolute Gasteiger partial charge is 0.227 e. The fraction of sp³-hybridized carbons (Fsp3) is 0.733. The van der Waals surface area contributed by atoms with Gasteiger partial charge in [0.1, 0.15) is 0 Å². The topological polar surface area (TPSA) is 38.1 Å². The van der Waals surface area contributed by atoms with E-state index in [0.29, 0.717) is 5.92 Å². The Kier molecular flexibility index (Phi) is 3.70. The maximum absolute atomic E-state index is 12.4. The van der Waals surface area contributed by atoms with Crippen molar-refractivity contribution in [2.45, 2.75) is 46.5 Å². The maximum Gasteiger partial charge on any atom is 0.227 e. The SMILES string of the molecule is Cc1c(C2CCCN(C(=O)C(C)(C)C)C2)cnn1C. The molecule has 0 saturated carbocycles. The number of likely N-dealkylation sites (tertiary alicyclic amines) is 1. The van der Waals surface area contributed by atoms with Crippen LogP contribution in [0, 0.1) is 12.3 Å². The molecule has 0 radical (unpaired) electrons. The first kappa shape index (κ1) is 14.1. The van der Waals surface area contributed by atoms with Gasteiger partial charge in [0.2, 0.25) is 5.91 Å². The third-order valence-corrected chi connectivity index (χ3v) is 4.06. The van der Waals surface area contributed by atoms with Crippen LogP contribution in [0.25, 0.3) is 0 Å². The molecule has 0 spiro atoms. The summed E-state index contributed by atoms with van der Waals surface area (Å²) in [5.74, 6) is 0.701. The number of hydrogen-bond acceptors (Lipinski definition) is 2. The second-order valence-electron chi connectivity index (χ2n) is 6.65. The van der Waals surface area contributed by atoms with Crippen LogP contribution in [0.2, 0.25) is 0 Å². The van der Waals surface area contributed by atoms with Gasteiger partial charge in [0.25, 0.3) is 0 Å². The standard InChI is InChI=1S/C15H25N3O/c1-11-13(9-16-17(11)5)12-7-6-8-18(10-12)14(19)15(2,3)4/h9,12H,6-8,10H2,1-5H3. The summed E-state index contributed by atoms with van der Waals surface area (Å²) in [4.78, 5) is 14.4. The molecule has 0 N–H and O–H groups in total. The van der Waals surface area contributed by atoms with E-state index in [4.69, 9.17) is 0 Å². The van der Waals surface area contributed by atoms with Gasteiger partial charge in [-0.2, -0.15) is 5.10 Å². The third-order valence-electron chi connectivity index (χ3n) is 4.06. The van der Waals surface area contributed by atoms with E-state index in [1.54, 1.807) is 0 Å². The Morgan fingerprint density at radius 3 is 2.63 bits per heavy atom. The highest BCUT2D eigenvalue weighted by atomic mass is 16.2. The highest BCUT2D eigenvalue weighted by molar-refractivity contribution is 5.81. The first-order chi connectivity index (χ1) is 8.80. The van der Waals surface area contributed by atoms with Crippen molar-refractivity contribution in [1.82, 2.24) is 14.7 Å². The van der Waals surface area contributed by atoms with Crippen LogP contribution in [0.5, 0.6) is 0 Å². The molecule has 1 aromatic rings. The van der Waals surface area contributed by atoms with Gasteiger partial charge in [0, 0.05) is 37.2 Å². The molecule has 2 rings (SSSR count). The van der Waals surface area contributed by atoms with Crippen molar-refractivity contribution < 1.29 is 4.79 Å². The van der Waals surface area contributed by atoms with Gasteiger partial charge in [-0.3, -0.25) is 9.48 Å². The maximum atomic E-state index is 12.4. The number of carbonyl (C=O) groups excluding carboxylic acids is 1. The van der Waals surface area contributed by atoms with Gasteiger partial charge in [0.05, 0.1) is 6.20 Å². The van der Waals surface area contributed by atoms with Crippen molar-refractivity contribution in [3.05, 3.63) is 17.5 Å². The minimum atomic E-state index is -0.286. The summed E-state index contributed by atoms with van der Waals surface area (Å²) < 4.78 is 1.92. The Hall–Kier alpha value is -1.32. The molecule has 0 aliphatic carbocycles. The van der Waals surface area contributed by atoms with Crippen LogP contribution in [0.3, 0.4) is 0 Å². The predicted molar refractivity (Wildman–Crippen MR) is 76.0 cm³/mol. The number of carbonyl (C=O) groups is 1. The summed E-state index contributed by atoms with van der Waals surface area (Å²) in [6, 6.07) is 0. The molecule has 0 aromatic carbocycles. The zero-order chi connectivity index (χ0) is 14.2. The molecule has 1 unspecified atom stereocenters. The Morgan fingerprint density at radius 1 is 1.42 bits per heavy atom. The van der Waals surface area contributed by atoms with Crippen LogP contribution >= 0.6 is 0 Å². The molecule has 1 atom stereocenters. The molecule has 1 aliphatic heterocycles. The van der Waals surface area contributed by atoms with Crippen molar-refractivity contribution in [2.75, 3.05) is 13.1 Å². The molecule has 1 fully saturated rings. The number of aryl methyl sites for hydroxylation is 1. The quantitative estimate of drug-likeness (QED) is 0.780. The molecule has 2 heterocycles. The van der Waals surface area contributed by atoms with E-state index in [9.17, 15) is 4.79 Å². The van der Waals surface area contributed by atoms with Gasteiger partial charge in [-0.05, 0) is 25.3 Å². The number of piperidine rings is 1. The fourth-order valence-electron chi connectivity index (χ4n) is 2.81. The summed E-state index contributed by atoms with van der Waals surface area (Å²) in [6.45, 7) is 9.82. The Bertz CT molecular complexity index is 470. The van der Waals surface area contributed by atoms with E-state index in [1.807, 2.05) is 43.6 Å². The van der Waals surface area contributed by atoms with Crippen LogP contribution in [0.15, 0.2) is 6.20 Å². The molecule has 4 heteroatoms. The van der Waals surface area contributed by atoms with Crippen LogP contribution in [0.4, 0.5) is 0 Å². The van der Waals surface area contributed by atoms with Crippen molar-refractivity contribution in [3.63, 3.8) is 0 Å². The van der Waals surface area contributed by atoms with Gasteiger partial charge >= 0.3 is 0 Å². The molecule has 1 aliphatic rings. The second kappa shape index (κ2) is 4.99. The largest absolute Gasteiger partial charge is 0.342 e. The molecule has 1 saturated heterocycles. The average molecular weight is 263 g/mol. The van der Waals surface area contributed by atoms with Gasteiger partial charge in [0.15, 0.2) is 0 Å². The number of nitrogens with zero attached hydrogens (tertiary/aromatic N) is 3. The minimum absolute atomic E-state index is 0.263. The molecular weight excluding hydrogens is 238 g/mol. The predicted octanol–water partition coefficient (Wildman–Crippen LogP) is 2.48. The van der Waals surface area contributed by atoms with Crippen molar-refractivity contribution in [1.29, 1.82) is 0 Å². The zero-order valence-corrected chi connectivity index (χ0v) is 12.7. The monoisotopic (exact) mass is 263 g/mol. The summed E-state index contributed by atoms with van der Waals surface area (Å²) >= 11 is 0. The van der Waals surface area contributed by atoms with Gasteiger partial charge in [-0.1, -0.05) is 20.8 Å². The lowest BCUT2D eigenvalue weighted by molar-refractivity contribution is -0.140. The molecule has 4 nitrogen and oxygen atoms in total. The van der Waals surface area contributed by atoms with E-state index in [2.05, 4.69) is 12.0 Å². The Morgan fingerprint density at radius 2 is 2.11 bits per heavy atom. The molecular formula is C15H25N3O. The van der Waals surface area contributed by atoms with Gasteiger partial charge in [-0.15, -0.1) is 0 Å².